The molecule has 0 saturated carbocycles. The van der Waals surface area contributed by atoms with Gasteiger partial charge in [0, 0.05) is 12.6 Å². The summed E-state index contributed by atoms with van der Waals surface area (Å²) >= 11 is 0. The van der Waals surface area contributed by atoms with E-state index in [9.17, 15) is 14.4 Å². The topological polar surface area (TPSA) is 87.7 Å². The molecule has 3 amide bonds. The van der Waals surface area contributed by atoms with Gasteiger partial charge in [0.05, 0.1) is 7.11 Å². The van der Waals surface area contributed by atoms with Crippen LogP contribution in [0.2, 0.25) is 0 Å². The number of fused-ring (bicyclic) bond motifs is 1. The number of ether oxygens (including phenoxy) is 1. The van der Waals surface area contributed by atoms with Crippen LogP contribution in [0.1, 0.15) is 46.0 Å². The number of hydrogen-bond acceptors (Lipinski definition) is 4. The van der Waals surface area contributed by atoms with Crippen molar-refractivity contribution in [1.29, 1.82) is 0 Å². The van der Waals surface area contributed by atoms with Crippen molar-refractivity contribution < 1.29 is 19.1 Å². The highest BCUT2D eigenvalue weighted by molar-refractivity contribution is 5.95. The predicted octanol–water partition coefficient (Wildman–Crippen LogP) is 0.781. The number of hydrogen-bond donors (Lipinski definition) is 2. The second-order valence-electron chi connectivity index (χ2n) is 6.33. The van der Waals surface area contributed by atoms with Crippen LogP contribution in [0.5, 0.6) is 0 Å². The number of nitrogens with one attached hydrogen (secondary N) is 2. The Balaban J connectivity index is 2.21. The van der Waals surface area contributed by atoms with Crippen molar-refractivity contribution >= 4 is 17.9 Å². The molecule has 124 valence electrons. The van der Waals surface area contributed by atoms with Gasteiger partial charge in [-0.3, -0.25) is 9.59 Å². The number of alkyl carbamates (subject to hydrolysis) is 1. The largest absolute Gasteiger partial charge is 0.453 e. The Labute approximate surface area is 130 Å². The Hall–Kier alpha value is -1.79. The summed E-state index contributed by atoms with van der Waals surface area (Å²) < 4.78 is 4.58. The Morgan fingerprint density at radius 1 is 1.32 bits per heavy atom. The lowest BCUT2D eigenvalue weighted by molar-refractivity contribution is -0.145. The van der Waals surface area contributed by atoms with Crippen LogP contribution in [-0.2, 0) is 14.3 Å². The summed E-state index contributed by atoms with van der Waals surface area (Å²) in [6.45, 7) is 4.38. The van der Waals surface area contributed by atoms with Gasteiger partial charge in [-0.2, -0.15) is 0 Å². The molecule has 0 aliphatic carbocycles. The summed E-state index contributed by atoms with van der Waals surface area (Å²) in [5, 5.41) is 5.53. The van der Waals surface area contributed by atoms with Gasteiger partial charge in [0.1, 0.15) is 11.6 Å². The molecule has 7 nitrogen and oxygen atoms in total. The van der Waals surface area contributed by atoms with Gasteiger partial charge in [-0.25, -0.2) is 4.79 Å². The van der Waals surface area contributed by atoms with Crippen LogP contribution in [0, 0.1) is 0 Å². The van der Waals surface area contributed by atoms with Crippen LogP contribution in [0.4, 0.5) is 4.79 Å². The Kier molecular flexibility index (Phi) is 4.93. The fraction of sp³-hybridized carbons (Fsp3) is 0.800. The summed E-state index contributed by atoms with van der Waals surface area (Å²) in [7, 11) is 1.27. The first-order valence-corrected chi connectivity index (χ1v) is 7.87. The predicted molar refractivity (Wildman–Crippen MR) is 80.1 cm³/mol. The second kappa shape index (κ2) is 6.54. The van der Waals surface area contributed by atoms with Crippen LogP contribution in [-0.4, -0.2) is 54.1 Å². The van der Waals surface area contributed by atoms with Crippen molar-refractivity contribution in [2.45, 2.75) is 63.6 Å². The molecule has 0 radical (unpaired) electrons. The van der Waals surface area contributed by atoms with Crippen molar-refractivity contribution in [3.05, 3.63) is 0 Å². The smallest absolute Gasteiger partial charge is 0.407 e. The van der Waals surface area contributed by atoms with Crippen LogP contribution in [0.3, 0.4) is 0 Å². The summed E-state index contributed by atoms with van der Waals surface area (Å²) in [4.78, 5) is 38.5. The highest BCUT2D eigenvalue weighted by atomic mass is 16.5. The molecule has 0 aromatic carbocycles. The van der Waals surface area contributed by atoms with Gasteiger partial charge in [-0.05, 0) is 46.0 Å². The first-order valence-electron chi connectivity index (χ1n) is 7.87. The number of carbonyl (C=O) groups is 3. The van der Waals surface area contributed by atoms with Crippen molar-refractivity contribution in [3.8, 4) is 0 Å². The number of carbonyl (C=O) groups excluding carboxylic acids is 3. The lowest BCUT2D eigenvalue weighted by atomic mass is 9.89. The zero-order chi connectivity index (χ0) is 16.3. The zero-order valence-corrected chi connectivity index (χ0v) is 13.5. The van der Waals surface area contributed by atoms with Crippen LogP contribution >= 0.6 is 0 Å². The maximum Gasteiger partial charge on any atom is 0.407 e. The molecule has 22 heavy (non-hydrogen) atoms. The molecular formula is C15H25N3O4. The average molecular weight is 311 g/mol. The highest BCUT2D eigenvalue weighted by Crippen LogP contribution is 2.37. The standard InChI is InChI=1S/C15H25N3O4/c1-10(2)16-13(20)15-7-4-6-11(17-14(21)22-3)12(19)18(15)9-5-8-15/h10-11H,4-9H2,1-3H3,(H,16,20)(H,17,21). The lowest BCUT2D eigenvalue weighted by Crippen LogP contribution is -2.60. The summed E-state index contributed by atoms with van der Waals surface area (Å²) in [5.41, 5.74) is -0.756. The highest BCUT2D eigenvalue weighted by Gasteiger charge is 2.52. The molecule has 2 atom stereocenters. The van der Waals surface area contributed by atoms with Crippen molar-refractivity contribution in [2.24, 2.45) is 0 Å². The minimum atomic E-state index is -0.756. The fourth-order valence-electron chi connectivity index (χ4n) is 3.45. The lowest BCUT2D eigenvalue weighted by Gasteiger charge is -2.37. The van der Waals surface area contributed by atoms with E-state index in [1.165, 1.54) is 7.11 Å². The molecule has 2 unspecified atom stereocenters. The van der Waals surface area contributed by atoms with E-state index in [4.69, 9.17) is 0 Å². The van der Waals surface area contributed by atoms with E-state index in [0.29, 0.717) is 32.2 Å². The first kappa shape index (κ1) is 16.6. The monoisotopic (exact) mass is 311 g/mol. The number of rotatable bonds is 3. The van der Waals surface area contributed by atoms with E-state index in [-0.39, 0.29) is 17.9 Å². The van der Waals surface area contributed by atoms with Crippen LogP contribution < -0.4 is 10.6 Å². The SMILES string of the molecule is COC(=O)NC1CCCC2(C(=O)NC(C)C)CCCN2C1=O. The molecule has 2 saturated heterocycles. The van der Waals surface area contributed by atoms with Gasteiger partial charge in [0.25, 0.3) is 0 Å². The minimum Gasteiger partial charge on any atom is -0.453 e. The molecule has 2 heterocycles. The van der Waals surface area contributed by atoms with E-state index < -0.39 is 17.7 Å². The van der Waals surface area contributed by atoms with Crippen LogP contribution in [0.25, 0.3) is 0 Å². The summed E-state index contributed by atoms with van der Waals surface area (Å²) in [6.07, 6.45) is 2.75. The molecule has 0 bridgehead atoms. The molecule has 2 rings (SSSR count). The van der Waals surface area contributed by atoms with Crippen LogP contribution in [0.15, 0.2) is 0 Å². The maximum absolute atomic E-state index is 12.7. The molecule has 0 aromatic rings. The minimum absolute atomic E-state index is 0.0340. The molecule has 7 heteroatoms. The van der Waals surface area contributed by atoms with Gasteiger partial charge in [-0.15, -0.1) is 0 Å². The molecule has 2 fully saturated rings. The zero-order valence-electron chi connectivity index (χ0n) is 13.5. The third kappa shape index (κ3) is 3.03. The van der Waals surface area contributed by atoms with E-state index in [1.807, 2.05) is 13.8 Å². The van der Waals surface area contributed by atoms with Crippen molar-refractivity contribution in [3.63, 3.8) is 0 Å². The van der Waals surface area contributed by atoms with Gasteiger partial charge in [0.15, 0.2) is 0 Å². The van der Waals surface area contributed by atoms with Gasteiger partial charge >= 0.3 is 6.09 Å². The van der Waals surface area contributed by atoms with Crippen molar-refractivity contribution in [1.82, 2.24) is 15.5 Å². The van der Waals surface area contributed by atoms with E-state index in [2.05, 4.69) is 15.4 Å². The van der Waals surface area contributed by atoms with E-state index in [0.717, 1.165) is 6.42 Å². The van der Waals surface area contributed by atoms with E-state index >= 15 is 0 Å². The fourth-order valence-corrected chi connectivity index (χ4v) is 3.45. The van der Waals surface area contributed by atoms with E-state index in [1.54, 1.807) is 4.90 Å². The molecule has 2 aliphatic heterocycles. The molecule has 2 aliphatic rings. The number of amides is 3. The molecule has 0 aromatic heterocycles. The third-order valence-corrected chi connectivity index (χ3v) is 4.46. The molecular weight excluding hydrogens is 286 g/mol. The van der Waals surface area contributed by atoms with Gasteiger partial charge < -0.3 is 20.3 Å². The molecule has 0 spiro atoms. The van der Waals surface area contributed by atoms with Gasteiger partial charge in [0.2, 0.25) is 11.8 Å². The van der Waals surface area contributed by atoms with Gasteiger partial charge in [-0.1, -0.05) is 0 Å². The first-order chi connectivity index (χ1) is 10.4. The quantitative estimate of drug-likeness (QED) is 0.806. The number of nitrogens with zero attached hydrogens (tertiary/aromatic N) is 1. The second-order valence-corrected chi connectivity index (χ2v) is 6.33. The maximum atomic E-state index is 12.7. The Bertz CT molecular complexity index is 466. The average Bonchev–Trinajstić information content (AvgIpc) is 2.84. The summed E-state index contributed by atoms with van der Waals surface area (Å²) in [5.74, 6) is -0.258. The molecule has 2 N–H and O–H groups in total. The number of methoxy groups -OCH3 is 1. The Morgan fingerprint density at radius 2 is 2.00 bits per heavy atom. The Morgan fingerprint density at radius 3 is 2.64 bits per heavy atom. The van der Waals surface area contributed by atoms with Crippen molar-refractivity contribution in [2.75, 3.05) is 13.7 Å². The third-order valence-electron chi connectivity index (χ3n) is 4.46. The normalized spacial score (nSPS) is 28.1. The summed E-state index contributed by atoms with van der Waals surface area (Å²) in [6, 6.07) is -0.578.